The number of hydrogen-bond acceptors (Lipinski definition) is 3. The van der Waals surface area contributed by atoms with Crippen molar-refractivity contribution in [3.8, 4) is 5.75 Å². The highest BCUT2D eigenvalue weighted by molar-refractivity contribution is 5.32. The number of halogens is 1. The summed E-state index contributed by atoms with van der Waals surface area (Å²) in [4.78, 5) is 0. The SMILES string of the molecule is CCOc1ccc(C(NC)C2CCCN2)cc1F. The highest BCUT2D eigenvalue weighted by Crippen LogP contribution is 2.26. The number of benzene rings is 1. The first-order valence-corrected chi connectivity index (χ1v) is 6.59. The fourth-order valence-electron chi connectivity index (χ4n) is 2.58. The second-order valence-corrected chi connectivity index (χ2v) is 4.59. The number of nitrogens with one attached hydrogen (secondary N) is 2. The van der Waals surface area contributed by atoms with Gasteiger partial charge >= 0.3 is 0 Å². The fourth-order valence-corrected chi connectivity index (χ4v) is 2.58. The minimum Gasteiger partial charge on any atom is -0.491 e. The van der Waals surface area contributed by atoms with E-state index in [9.17, 15) is 4.39 Å². The molecule has 3 nitrogen and oxygen atoms in total. The lowest BCUT2D eigenvalue weighted by atomic mass is 9.98. The molecule has 1 aromatic carbocycles. The monoisotopic (exact) mass is 252 g/mol. The molecule has 0 radical (unpaired) electrons. The summed E-state index contributed by atoms with van der Waals surface area (Å²) in [6.07, 6.45) is 2.31. The molecule has 0 aliphatic carbocycles. The van der Waals surface area contributed by atoms with Gasteiger partial charge in [-0.3, -0.25) is 0 Å². The van der Waals surface area contributed by atoms with E-state index in [2.05, 4.69) is 10.6 Å². The maximum atomic E-state index is 13.8. The van der Waals surface area contributed by atoms with Gasteiger partial charge in [-0.15, -0.1) is 0 Å². The molecule has 18 heavy (non-hydrogen) atoms. The third-order valence-electron chi connectivity index (χ3n) is 3.43. The van der Waals surface area contributed by atoms with Crippen LogP contribution in [0.4, 0.5) is 4.39 Å². The Morgan fingerprint density at radius 1 is 1.56 bits per heavy atom. The summed E-state index contributed by atoms with van der Waals surface area (Å²) in [7, 11) is 1.92. The van der Waals surface area contributed by atoms with Crippen molar-refractivity contribution in [2.24, 2.45) is 0 Å². The van der Waals surface area contributed by atoms with Gasteiger partial charge in [0.1, 0.15) is 0 Å². The van der Waals surface area contributed by atoms with Crippen LogP contribution in [0.5, 0.6) is 5.75 Å². The minimum atomic E-state index is -0.285. The van der Waals surface area contributed by atoms with Gasteiger partial charge in [0, 0.05) is 12.1 Å². The van der Waals surface area contributed by atoms with Crippen LogP contribution < -0.4 is 15.4 Å². The molecule has 0 bridgehead atoms. The molecule has 1 aliphatic rings. The summed E-state index contributed by atoms with van der Waals surface area (Å²) >= 11 is 0. The van der Waals surface area contributed by atoms with Gasteiger partial charge in [0.25, 0.3) is 0 Å². The number of rotatable bonds is 5. The predicted octanol–water partition coefficient (Wildman–Crippen LogP) is 2.24. The van der Waals surface area contributed by atoms with Crippen LogP contribution in [0.3, 0.4) is 0 Å². The zero-order chi connectivity index (χ0) is 13.0. The molecule has 2 unspecified atom stereocenters. The van der Waals surface area contributed by atoms with Crippen LogP contribution in [0.25, 0.3) is 0 Å². The summed E-state index contributed by atoms with van der Waals surface area (Å²) in [6, 6.07) is 5.76. The third kappa shape index (κ3) is 2.82. The van der Waals surface area contributed by atoms with E-state index >= 15 is 0 Å². The minimum absolute atomic E-state index is 0.151. The van der Waals surface area contributed by atoms with Gasteiger partial charge in [-0.1, -0.05) is 6.07 Å². The molecule has 0 aromatic heterocycles. The molecular formula is C14H21FN2O. The second kappa shape index (κ2) is 6.16. The Morgan fingerprint density at radius 2 is 2.39 bits per heavy atom. The molecule has 0 spiro atoms. The molecule has 4 heteroatoms. The Morgan fingerprint density at radius 3 is 2.94 bits per heavy atom. The summed E-state index contributed by atoms with van der Waals surface area (Å²) in [6.45, 7) is 3.38. The quantitative estimate of drug-likeness (QED) is 0.843. The largest absolute Gasteiger partial charge is 0.491 e. The van der Waals surface area contributed by atoms with Crippen molar-refractivity contribution in [1.82, 2.24) is 10.6 Å². The second-order valence-electron chi connectivity index (χ2n) is 4.59. The predicted molar refractivity (Wildman–Crippen MR) is 70.4 cm³/mol. The van der Waals surface area contributed by atoms with E-state index in [1.54, 1.807) is 12.1 Å². The van der Waals surface area contributed by atoms with Gasteiger partial charge < -0.3 is 15.4 Å². The molecule has 2 atom stereocenters. The van der Waals surface area contributed by atoms with E-state index < -0.39 is 0 Å². The molecule has 1 saturated heterocycles. The van der Waals surface area contributed by atoms with Gasteiger partial charge in [-0.2, -0.15) is 0 Å². The van der Waals surface area contributed by atoms with Gasteiger partial charge in [0.05, 0.1) is 6.61 Å². The van der Waals surface area contributed by atoms with Crippen LogP contribution in [0, 0.1) is 5.82 Å². The Bertz CT molecular complexity index is 391. The fraction of sp³-hybridized carbons (Fsp3) is 0.571. The first-order chi connectivity index (χ1) is 8.76. The summed E-state index contributed by atoms with van der Waals surface area (Å²) in [5.41, 5.74) is 0.970. The maximum Gasteiger partial charge on any atom is 0.165 e. The highest BCUT2D eigenvalue weighted by atomic mass is 19.1. The van der Waals surface area contributed by atoms with E-state index in [-0.39, 0.29) is 11.9 Å². The van der Waals surface area contributed by atoms with Crippen molar-refractivity contribution in [2.75, 3.05) is 20.2 Å². The zero-order valence-corrected chi connectivity index (χ0v) is 11.0. The van der Waals surface area contributed by atoms with Gasteiger partial charge in [-0.25, -0.2) is 4.39 Å². The molecule has 2 N–H and O–H groups in total. The van der Waals surface area contributed by atoms with Crippen LogP contribution in [0.1, 0.15) is 31.4 Å². The summed E-state index contributed by atoms with van der Waals surface area (Å²) in [5.74, 6) is 0.0445. The molecule has 1 aliphatic heterocycles. The van der Waals surface area contributed by atoms with Crippen LogP contribution >= 0.6 is 0 Å². The smallest absolute Gasteiger partial charge is 0.165 e. The molecule has 100 valence electrons. The van der Waals surface area contributed by atoms with Crippen molar-refractivity contribution >= 4 is 0 Å². The molecule has 2 rings (SSSR count). The Kier molecular flexibility index (Phi) is 4.55. The zero-order valence-electron chi connectivity index (χ0n) is 11.0. The van der Waals surface area contributed by atoms with E-state index in [1.807, 2.05) is 20.0 Å². The van der Waals surface area contributed by atoms with Crippen molar-refractivity contribution in [3.05, 3.63) is 29.6 Å². The molecule has 0 amide bonds. The van der Waals surface area contributed by atoms with Crippen LogP contribution in [-0.2, 0) is 0 Å². The molecule has 1 aromatic rings. The van der Waals surface area contributed by atoms with Gasteiger partial charge in [0.2, 0.25) is 0 Å². The van der Waals surface area contributed by atoms with E-state index in [0.29, 0.717) is 18.4 Å². The standard InChI is InChI=1S/C14H21FN2O/c1-3-18-13-7-6-10(9-11(13)15)14(16-2)12-5-4-8-17-12/h6-7,9,12,14,16-17H,3-5,8H2,1-2H3. The first-order valence-electron chi connectivity index (χ1n) is 6.59. The number of hydrogen-bond donors (Lipinski definition) is 2. The van der Waals surface area contributed by atoms with E-state index in [1.165, 1.54) is 6.42 Å². The third-order valence-corrected chi connectivity index (χ3v) is 3.43. The van der Waals surface area contributed by atoms with E-state index in [0.717, 1.165) is 18.5 Å². The molecule has 1 fully saturated rings. The van der Waals surface area contributed by atoms with Crippen molar-refractivity contribution in [3.63, 3.8) is 0 Å². The lowest BCUT2D eigenvalue weighted by Gasteiger charge is -2.24. The summed E-state index contributed by atoms with van der Waals surface area (Å²) in [5, 5.41) is 6.72. The Balaban J connectivity index is 2.17. The number of ether oxygens (including phenoxy) is 1. The lowest BCUT2D eigenvalue weighted by Crippen LogP contribution is -2.36. The van der Waals surface area contributed by atoms with Crippen LogP contribution in [0.15, 0.2) is 18.2 Å². The summed E-state index contributed by atoms with van der Waals surface area (Å²) < 4.78 is 19.1. The van der Waals surface area contributed by atoms with Crippen molar-refractivity contribution < 1.29 is 9.13 Å². The van der Waals surface area contributed by atoms with Crippen molar-refractivity contribution in [1.29, 1.82) is 0 Å². The van der Waals surface area contributed by atoms with Crippen LogP contribution in [-0.4, -0.2) is 26.2 Å². The topological polar surface area (TPSA) is 33.3 Å². The maximum absolute atomic E-state index is 13.8. The van der Waals surface area contributed by atoms with Gasteiger partial charge in [-0.05, 0) is 51.1 Å². The Hall–Kier alpha value is -1.13. The Labute approximate surface area is 108 Å². The van der Waals surface area contributed by atoms with Crippen LogP contribution in [0.2, 0.25) is 0 Å². The average Bonchev–Trinajstić information content (AvgIpc) is 2.87. The highest BCUT2D eigenvalue weighted by Gasteiger charge is 2.25. The normalized spacial score (nSPS) is 20.9. The molecular weight excluding hydrogens is 231 g/mol. The van der Waals surface area contributed by atoms with Gasteiger partial charge in [0.15, 0.2) is 11.6 Å². The molecule has 1 heterocycles. The average molecular weight is 252 g/mol. The van der Waals surface area contributed by atoms with Crippen molar-refractivity contribution in [2.45, 2.75) is 31.8 Å². The first kappa shape index (κ1) is 13.3. The molecule has 0 saturated carbocycles. The number of likely N-dealkylation sites (N-methyl/N-ethyl adjacent to an activating group) is 1. The van der Waals surface area contributed by atoms with E-state index in [4.69, 9.17) is 4.74 Å². The lowest BCUT2D eigenvalue weighted by molar-refractivity contribution is 0.320.